The average molecular weight is 756 g/mol. The fourth-order valence-electron chi connectivity index (χ4n) is 7.53. The van der Waals surface area contributed by atoms with E-state index < -0.39 is 68.5 Å². The van der Waals surface area contributed by atoms with Gasteiger partial charge >= 0.3 is 0 Å². The third-order valence-corrected chi connectivity index (χ3v) is 12.5. The lowest BCUT2D eigenvalue weighted by molar-refractivity contribution is -0.141. The zero-order valence-electron chi connectivity index (χ0n) is 29.7. The summed E-state index contributed by atoms with van der Waals surface area (Å²) in [5.41, 5.74) is -0.944. The van der Waals surface area contributed by atoms with E-state index in [-0.39, 0.29) is 31.0 Å². The number of fused-ring (bicyclic) bond motifs is 5. The number of ether oxygens (including phenoxy) is 1. The van der Waals surface area contributed by atoms with Crippen molar-refractivity contribution in [3.8, 4) is 5.88 Å². The Labute approximate surface area is 311 Å². The van der Waals surface area contributed by atoms with Crippen LogP contribution in [0.4, 0.5) is 0 Å². The number of allylic oxidation sites excluding steroid dienone is 1. The zero-order chi connectivity index (χ0) is 37.6. The van der Waals surface area contributed by atoms with Gasteiger partial charge in [0.25, 0.3) is 11.8 Å². The van der Waals surface area contributed by atoms with Gasteiger partial charge in [-0.3, -0.25) is 28.6 Å². The van der Waals surface area contributed by atoms with E-state index in [1.807, 2.05) is 36.4 Å². The molecule has 3 aromatic heterocycles. The summed E-state index contributed by atoms with van der Waals surface area (Å²) in [7, 11) is -2.21. The third-order valence-electron chi connectivity index (χ3n) is 10.7. The molecule has 5 heterocycles. The van der Waals surface area contributed by atoms with Gasteiger partial charge in [0.15, 0.2) is 5.65 Å². The predicted molar refractivity (Wildman–Crippen MR) is 195 cm³/mol. The van der Waals surface area contributed by atoms with Gasteiger partial charge in [0, 0.05) is 42.6 Å². The number of amides is 4. The van der Waals surface area contributed by atoms with E-state index in [2.05, 4.69) is 35.4 Å². The minimum atomic E-state index is -3.90. The second-order valence-corrected chi connectivity index (χ2v) is 16.6. The topological polar surface area (TPSA) is 207 Å². The molecule has 4 aliphatic rings. The van der Waals surface area contributed by atoms with Gasteiger partial charge in [-0.05, 0) is 56.0 Å². The maximum atomic E-state index is 14.6. The Morgan fingerprint density at radius 2 is 1.85 bits per heavy atom. The van der Waals surface area contributed by atoms with Gasteiger partial charge in [-0.25, -0.2) is 18.4 Å². The van der Waals surface area contributed by atoms with Gasteiger partial charge in [-0.2, -0.15) is 10.1 Å². The molecule has 4 amide bonds. The van der Waals surface area contributed by atoms with E-state index in [1.54, 1.807) is 25.5 Å². The van der Waals surface area contributed by atoms with Crippen LogP contribution in [0.1, 0.15) is 68.3 Å². The predicted octanol–water partition coefficient (Wildman–Crippen LogP) is 2.06. The number of benzene rings is 1. The molecule has 17 heteroatoms. The third kappa shape index (κ3) is 6.99. The van der Waals surface area contributed by atoms with E-state index >= 15 is 0 Å². The number of nitrogens with one attached hydrogen (secondary N) is 3. The number of aryl methyl sites for hydroxylation is 1. The highest BCUT2D eigenvalue weighted by atomic mass is 32.2. The minimum absolute atomic E-state index is 0.0245. The molecule has 2 aliphatic heterocycles. The first kappa shape index (κ1) is 35.6. The summed E-state index contributed by atoms with van der Waals surface area (Å²) in [5.74, 6) is -2.59. The number of hydrogen-bond acceptors (Lipinski definition) is 11. The highest BCUT2D eigenvalue weighted by Crippen LogP contribution is 2.46. The van der Waals surface area contributed by atoms with Gasteiger partial charge in [0.1, 0.15) is 35.7 Å². The quantitative estimate of drug-likeness (QED) is 0.184. The number of rotatable bonds is 7. The number of nitrogens with zero attached hydrogens (tertiary/aromatic N) is 6. The molecule has 0 radical (unpaired) electrons. The summed E-state index contributed by atoms with van der Waals surface area (Å²) < 4.78 is 35.9. The highest BCUT2D eigenvalue weighted by molar-refractivity contribution is 7.91. The van der Waals surface area contributed by atoms with Gasteiger partial charge in [0.05, 0.1) is 11.8 Å². The molecule has 0 bridgehead atoms. The first-order chi connectivity index (χ1) is 26.0. The van der Waals surface area contributed by atoms with E-state index in [0.717, 1.165) is 23.6 Å². The Bertz CT molecular complexity index is 2290. The van der Waals surface area contributed by atoms with Crippen molar-refractivity contribution in [1.29, 1.82) is 0 Å². The number of carbonyl (C=O) groups excluding carboxylic acids is 4. The Morgan fingerprint density at radius 3 is 2.63 bits per heavy atom. The maximum Gasteiger partial charge on any atom is 0.272 e. The number of hydrogen-bond donors (Lipinski definition) is 3. The van der Waals surface area contributed by atoms with E-state index in [4.69, 9.17) is 4.74 Å². The minimum Gasteiger partial charge on any atom is -0.472 e. The lowest BCUT2D eigenvalue weighted by Gasteiger charge is -2.29. The van der Waals surface area contributed by atoms with Crippen LogP contribution in [-0.4, -0.2) is 97.2 Å². The summed E-state index contributed by atoms with van der Waals surface area (Å²) in [6.07, 6.45) is 12.2. The molecule has 16 nitrogen and oxygen atoms in total. The second kappa shape index (κ2) is 14.1. The standard InChI is InChI=1S/C37H41N9O7S/c1-45-16-15-28(43-45)32(47)40-29-12-6-4-2-3-5-9-22-18-37(22,36(50)44-54(51,52)24-13-14-24)42-33(48)30-17-23(20-46(30)35(29)49)53-34-26-11-8-7-10-25(26)27-19-38-21-39-31(27)41-34/h5,7-11,15-16,19,21-24,29-30H,2-4,6,12-14,17-18,20H2,1H3,(H,40,47)(H,42,48)(H,44,50)/b9-5-/t22-,23+,29-,30-,37+/m0/s1. The number of carbonyl (C=O) groups is 4. The van der Waals surface area contributed by atoms with Crippen molar-refractivity contribution < 1.29 is 32.3 Å². The van der Waals surface area contributed by atoms with Crippen LogP contribution in [0.2, 0.25) is 0 Å². The molecule has 2 aliphatic carbocycles. The lowest BCUT2D eigenvalue weighted by atomic mass is 10.0. The summed E-state index contributed by atoms with van der Waals surface area (Å²) in [6.45, 7) is -0.0245. The smallest absolute Gasteiger partial charge is 0.272 e. The lowest BCUT2D eigenvalue weighted by Crippen LogP contribution is -2.58. The molecule has 0 spiro atoms. The van der Waals surface area contributed by atoms with E-state index in [1.165, 1.54) is 15.9 Å². The highest BCUT2D eigenvalue weighted by Gasteiger charge is 2.62. The monoisotopic (exact) mass is 755 g/mol. The fraction of sp³-hybridized carbons (Fsp3) is 0.459. The van der Waals surface area contributed by atoms with Gasteiger partial charge in [0.2, 0.25) is 27.7 Å². The van der Waals surface area contributed by atoms with Crippen LogP contribution in [0.3, 0.4) is 0 Å². The van der Waals surface area contributed by atoms with Crippen LogP contribution < -0.4 is 20.1 Å². The fourth-order valence-corrected chi connectivity index (χ4v) is 8.89. The SMILES string of the molecule is Cn1ccc(C(=O)N[C@H]2CCCCC/C=C\[C@H]3C[C@@]3(C(=O)NS(=O)(=O)C3CC3)NC(=O)[C@@H]3C[C@@H](Oc4nc5ncncc5c5ccccc45)CN3C2=O)n1. The van der Waals surface area contributed by atoms with Crippen molar-refractivity contribution in [3.05, 3.63) is 66.9 Å². The van der Waals surface area contributed by atoms with Crippen LogP contribution in [0.5, 0.6) is 5.88 Å². The van der Waals surface area contributed by atoms with Crippen molar-refractivity contribution >= 4 is 55.5 Å². The molecule has 1 aromatic carbocycles. The molecule has 4 aromatic rings. The Balaban J connectivity index is 1.12. The molecular weight excluding hydrogens is 715 g/mol. The van der Waals surface area contributed by atoms with Crippen molar-refractivity contribution in [2.24, 2.45) is 13.0 Å². The number of sulfonamides is 1. The van der Waals surface area contributed by atoms with Crippen molar-refractivity contribution in [2.45, 2.75) is 86.8 Å². The Morgan fingerprint density at radius 1 is 1.04 bits per heavy atom. The van der Waals surface area contributed by atoms with Gasteiger partial charge in [-0.15, -0.1) is 0 Å². The Kier molecular flexibility index (Phi) is 9.27. The summed E-state index contributed by atoms with van der Waals surface area (Å²) in [6, 6.07) is 6.96. The zero-order valence-corrected chi connectivity index (χ0v) is 30.5. The molecule has 3 fully saturated rings. The van der Waals surface area contributed by atoms with E-state index in [9.17, 15) is 27.6 Å². The summed E-state index contributed by atoms with van der Waals surface area (Å²) >= 11 is 0. The van der Waals surface area contributed by atoms with E-state index in [0.29, 0.717) is 43.1 Å². The van der Waals surface area contributed by atoms with Crippen molar-refractivity contribution in [2.75, 3.05) is 6.54 Å². The van der Waals surface area contributed by atoms with Crippen LogP contribution >= 0.6 is 0 Å². The first-order valence-corrected chi connectivity index (χ1v) is 19.9. The van der Waals surface area contributed by atoms with Gasteiger partial charge in [-0.1, -0.05) is 43.2 Å². The van der Waals surface area contributed by atoms with Crippen LogP contribution in [0.25, 0.3) is 21.8 Å². The molecule has 0 unspecified atom stereocenters. The second-order valence-electron chi connectivity index (χ2n) is 14.6. The summed E-state index contributed by atoms with van der Waals surface area (Å²) in [5, 5.41) is 11.6. The Hall–Kier alpha value is -5.45. The number of pyridine rings is 1. The molecule has 1 saturated heterocycles. The molecule has 2 saturated carbocycles. The maximum absolute atomic E-state index is 14.6. The first-order valence-electron chi connectivity index (χ1n) is 18.3. The molecule has 8 rings (SSSR count). The van der Waals surface area contributed by atoms with Crippen molar-refractivity contribution in [3.63, 3.8) is 0 Å². The molecule has 5 atom stereocenters. The number of aromatic nitrogens is 5. The molecular formula is C37H41N9O7S. The molecule has 54 heavy (non-hydrogen) atoms. The molecule has 3 N–H and O–H groups in total. The molecule has 282 valence electrons. The van der Waals surface area contributed by atoms with Crippen LogP contribution in [0, 0.1) is 5.92 Å². The van der Waals surface area contributed by atoms with Crippen LogP contribution in [-0.2, 0) is 31.5 Å². The normalized spacial score (nSPS) is 26.9. The van der Waals surface area contributed by atoms with Crippen LogP contribution in [0.15, 0.2) is 61.2 Å². The largest absolute Gasteiger partial charge is 0.472 e. The van der Waals surface area contributed by atoms with Gasteiger partial charge < -0.3 is 20.3 Å². The summed E-state index contributed by atoms with van der Waals surface area (Å²) in [4.78, 5) is 70.6. The average Bonchev–Trinajstić information content (AvgIpc) is 4.05. The van der Waals surface area contributed by atoms with Crippen molar-refractivity contribution in [1.82, 2.24) is 45.0 Å².